The molecule has 0 fully saturated rings. The van der Waals surface area contributed by atoms with E-state index in [4.69, 9.17) is 18.6 Å². The Labute approximate surface area is 168 Å². The Kier molecular flexibility index (Phi) is 6.67. The molecule has 1 aromatic heterocycles. The van der Waals surface area contributed by atoms with Gasteiger partial charge in [0.15, 0.2) is 11.5 Å². The first-order valence-electron chi connectivity index (χ1n) is 9.24. The van der Waals surface area contributed by atoms with Gasteiger partial charge in [0.2, 0.25) is 5.89 Å². The third-order valence-corrected chi connectivity index (χ3v) is 4.14. The van der Waals surface area contributed by atoms with Gasteiger partial charge >= 0.3 is 6.01 Å². The SMILES string of the molecule is CCCCOc1cccc(C(=O)Nc2nnc(-c3ccc(OC)c(OC)c3)o2)c1. The van der Waals surface area contributed by atoms with Gasteiger partial charge in [0.25, 0.3) is 5.91 Å². The number of hydrogen-bond donors (Lipinski definition) is 1. The molecule has 0 bridgehead atoms. The first kappa shape index (κ1) is 20.2. The Bertz CT molecular complexity index is 970. The maximum Gasteiger partial charge on any atom is 0.322 e. The van der Waals surface area contributed by atoms with Gasteiger partial charge in [-0.25, -0.2) is 0 Å². The van der Waals surface area contributed by atoms with Crippen LogP contribution in [0.3, 0.4) is 0 Å². The second-order valence-electron chi connectivity index (χ2n) is 6.17. The molecule has 8 heteroatoms. The maximum atomic E-state index is 12.5. The van der Waals surface area contributed by atoms with Crippen LogP contribution in [0.4, 0.5) is 6.01 Å². The molecule has 0 atom stereocenters. The van der Waals surface area contributed by atoms with E-state index in [0.717, 1.165) is 12.8 Å². The van der Waals surface area contributed by atoms with Gasteiger partial charge < -0.3 is 18.6 Å². The smallest absolute Gasteiger partial charge is 0.322 e. The monoisotopic (exact) mass is 397 g/mol. The van der Waals surface area contributed by atoms with Gasteiger partial charge in [0.1, 0.15) is 5.75 Å². The molecule has 2 aromatic carbocycles. The van der Waals surface area contributed by atoms with Crippen LogP contribution in [0.1, 0.15) is 30.1 Å². The predicted molar refractivity (Wildman–Crippen MR) is 108 cm³/mol. The van der Waals surface area contributed by atoms with Crippen LogP contribution in [-0.4, -0.2) is 36.9 Å². The lowest BCUT2D eigenvalue weighted by molar-refractivity contribution is 0.102. The fourth-order valence-corrected chi connectivity index (χ4v) is 2.59. The first-order chi connectivity index (χ1) is 14.1. The van der Waals surface area contributed by atoms with Crippen LogP contribution in [-0.2, 0) is 0 Å². The fourth-order valence-electron chi connectivity index (χ4n) is 2.59. The van der Waals surface area contributed by atoms with Crippen LogP contribution in [0, 0.1) is 0 Å². The summed E-state index contributed by atoms with van der Waals surface area (Å²) >= 11 is 0. The second-order valence-corrected chi connectivity index (χ2v) is 6.17. The number of nitrogens with one attached hydrogen (secondary N) is 1. The number of rotatable bonds is 9. The zero-order chi connectivity index (χ0) is 20.6. The molecular formula is C21H23N3O5. The largest absolute Gasteiger partial charge is 0.494 e. The summed E-state index contributed by atoms with van der Waals surface area (Å²) in [7, 11) is 3.10. The molecule has 3 aromatic rings. The third kappa shape index (κ3) is 5.04. The van der Waals surface area contributed by atoms with Crippen LogP contribution < -0.4 is 19.5 Å². The van der Waals surface area contributed by atoms with E-state index in [1.165, 1.54) is 0 Å². The number of carbonyl (C=O) groups is 1. The highest BCUT2D eigenvalue weighted by molar-refractivity contribution is 6.03. The van der Waals surface area contributed by atoms with Gasteiger partial charge in [-0.3, -0.25) is 10.1 Å². The first-order valence-corrected chi connectivity index (χ1v) is 9.24. The summed E-state index contributed by atoms with van der Waals surface area (Å²) in [6, 6.07) is 12.2. The van der Waals surface area contributed by atoms with Crippen molar-refractivity contribution in [3.05, 3.63) is 48.0 Å². The van der Waals surface area contributed by atoms with E-state index >= 15 is 0 Å². The molecule has 3 rings (SSSR count). The zero-order valence-corrected chi connectivity index (χ0v) is 16.6. The second kappa shape index (κ2) is 9.59. The minimum absolute atomic E-state index is 0.00270. The van der Waals surface area contributed by atoms with Crippen LogP contribution in [0.25, 0.3) is 11.5 Å². The van der Waals surface area contributed by atoms with Crippen molar-refractivity contribution in [3.8, 4) is 28.7 Å². The van der Waals surface area contributed by atoms with E-state index in [0.29, 0.717) is 35.0 Å². The minimum atomic E-state index is -0.367. The Morgan fingerprint density at radius 3 is 2.66 bits per heavy atom. The van der Waals surface area contributed by atoms with Gasteiger partial charge in [-0.2, -0.15) is 0 Å². The van der Waals surface area contributed by atoms with E-state index in [9.17, 15) is 4.79 Å². The summed E-state index contributed by atoms with van der Waals surface area (Å²) < 4.78 is 21.7. The van der Waals surface area contributed by atoms with E-state index in [1.54, 1.807) is 50.6 Å². The van der Waals surface area contributed by atoms with Gasteiger partial charge in [-0.15, -0.1) is 5.10 Å². The Morgan fingerprint density at radius 2 is 1.90 bits per heavy atom. The molecule has 1 amide bonds. The number of ether oxygens (including phenoxy) is 3. The summed E-state index contributed by atoms with van der Waals surface area (Å²) in [5, 5.41) is 10.5. The Morgan fingerprint density at radius 1 is 1.07 bits per heavy atom. The standard InChI is InChI=1S/C21H23N3O5/c1-4-5-11-28-16-8-6-7-14(12-16)19(25)22-21-24-23-20(29-21)15-9-10-17(26-2)18(13-15)27-3/h6-10,12-13H,4-5,11H2,1-3H3,(H,22,24,25). The van der Waals surface area contributed by atoms with Crippen molar-refractivity contribution < 1.29 is 23.4 Å². The summed E-state index contributed by atoms with van der Waals surface area (Å²) in [4.78, 5) is 12.5. The number of unbranched alkanes of at least 4 members (excludes halogenated alkanes) is 1. The van der Waals surface area contributed by atoms with Crippen LogP contribution in [0.2, 0.25) is 0 Å². The molecule has 0 aliphatic rings. The molecule has 1 heterocycles. The van der Waals surface area contributed by atoms with Crippen LogP contribution in [0.15, 0.2) is 46.9 Å². The lowest BCUT2D eigenvalue weighted by Gasteiger charge is -2.07. The number of amides is 1. The van der Waals surface area contributed by atoms with E-state index < -0.39 is 0 Å². The maximum absolute atomic E-state index is 12.5. The number of carbonyl (C=O) groups excluding carboxylic acids is 1. The normalized spacial score (nSPS) is 10.4. The summed E-state index contributed by atoms with van der Waals surface area (Å²) in [5.41, 5.74) is 1.08. The van der Waals surface area contributed by atoms with Crippen molar-refractivity contribution >= 4 is 11.9 Å². The molecule has 0 unspecified atom stereocenters. The number of anilines is 1. The average molecular weight is 397 g/mol. The Balaban J connectivity index is 1.70. The predicted octanol–water partition coefficient (Wildman–Crippen LogP) is 4.19. The molecule has 0 spiro atoms. The van der Waals surface area contributed by atoms with Gasteiger partial charge in [0, 0.05) is 11.1 Å². The topological polar surface area (TPSA) is 95.7 Å². The van der Waals surface area contributed by atoms with E-state index in [1.807, 2.05) is 6.07 Å². The number of nitrogens with zero attached hydrogens (tertiary/aromatic N) is 2. The van der Waals surface area contributed by atoms with Gasteiger partial charge in [0.05, 0.1) is 20.8 Å². The molecule has 0 aliphatic carbocycles. The summed E-state index contributed by atoms with van der Waals surface area (Å²) in [6.45, 7) is 2.70. The summed E-state index contributed by atoms with van der Waals surface area (Å²) in [5.74, 6) is 1.65. The van der Waals surface area contributed by atoms with Crippen molar-refractivity contribution in [2.24, 2.45) is 0 Å². The van der Waals surface area contributed by atoms with Crippen molar-refractivity contribution in [1.82, 2.24) is 10.2 Å². The van der Waals surface area contributed by atoms with Crippen molar-refractivity contribution in [2.75, 3.05) is 26.1 Å². The molecule has 0 saturated heterocycles. The van der Waals surface area contributed by atoms with E-state index in [2.05, 4.69) is 22.4 Å². The fraction of sp³-hybridized carbons (Fsp3) is 0.286. The molecule has 8 nitrogen and oxygen atoms in total. The lowest BCUT2D eigenvalue weighted by Crippen LogP contribution is -2.12. The number of methoxy groups -OCH3 is 2. The number of aromatic nitrogens is 2. The van der Waals surface area contributed by atoms with Crippen molar-refractivity contribution in [1.29, 1.82) is 0 Å². The summed E-state index contributed by atoms with van der Waals surface area (Å²) in [6.07, 6.45) is 2.00. The average Bonchev–Trinajstić information content (AvgIpc) is 3.22. The van der Waals surface area contributed by atoms with Gasteiger partial charge in [-0.05, 0) is 42.8 Å². The number of hydrogen-bond acceptors (Lipinski definition) is 7. The highest BCUT2D eigenvalue weighted by Gasteiger charge is 2.15. The number of benzene rings is 2. The molecular weight excluding hydrogens is 374 g/mol. The molecule has 0 saturated carbocycles. The minimum Gasteiger partial charge on any atom is -0.494 e. The van der Waals surface area contributed by atoms with Crippen molar-refractivity contribution in [3.63, 3.8) is 0 Å². The molecule has 29 heavy (non-hydrogen) atoms. The van der Waals surface area contributed by atoms with Crippen molar-refractivity contribution in [2.45, 2.75) is 19.8 Å². The highest BCUT2D eigenvalue weighted by Crippen LogP contribution is 2.32. The Hall–Kier alpha value is -3.55. The van der Waals surface area contributed by atoms with Crippen LogP contribution >= 0.6 is 0 Å². The third-order valence-electron chi connectivity index (χ3n) is 4.14. The highest BCUT2D eigenvalue weighted by atomic mass is 16.5. The molecule has 0 aliphatic heterocycles. The zero-order valence-electron chi connectivity index (χ0n) is 16.6. The molecule has 152 valence electrons. The molecule has 1 N–H and O–H groups in total. The van der Waals surface area contributed by atoms with Gasteiger partial charge in [-0.1, -0.05) is 24.5 Å². The molecule has 0 radical (unpaired) electrons. The van der Waals surface area contributed by atoms with Crippen LogP contribution in [0.5, 0.6) is 17.2 Å². The quantitative estimate of drug-likeness (QED) is 0.541. The lowest BCUT2D eigenvalue weighted by atomic mass is 10.2. The van der Waals surface area contributed by atoms with E-state index in [-0.39, 0.29) is 17.8 Å².